The number of amides is 1. The summed E-state index contributed by atoms with van der Waals surface area (Å²) in [5.74, 6) is 0.301. The first kappa shape index (κ1) is 12.9. The summed E-state index contributed by atoms with van der Waals surface area (Å²) < 4.78 is 5.25. The third kappa shape index (κ3) is 2.45. The van der Waals surface area contributed by atoms with E-state index in [2.05, 4.69) is 9.88 Å². The highest BCUT2D eigenvalue weighted by atomic mass is 16.5. The molecule has 20 heavy (non-hydrogen) atoms. The highest BCUT2D eigenvalue weighted by molar-refractivity contribution is 5.82. The first-order valence-electron chi connectivity index (χ1n) is 6.75. The number of morpholine rings is 1. The zero-order chi connectivity index (χ0) is 13.9. The van der Waals surface area contributed by atoms with Crippen LogP contribution in [0.15, 0.2) is 18.3 Å². The molecule has 6 heteroatoms. The van der Waals surface area contributed by atoms with Crippen molar-refractivity contribution in [1.82, 2.24) is 9.88 Å². The van der Waals surface area contributed by atoms with Crippen LogP contribution in [0.2, 0.25) is 0 Å². The lowest BCUT2D eigenvalue weighted by atomic mass is 9.97. The Labute approximate surface area is 117 Å². The summed E-state index contributed by atoms with van der Waals surface area (Å²) in [7, 11) is 0. The van der Waals surface area contributed by atoms with Crippen LogP contribution < -0.4 is 4.90 Å². The predicted octanol–water partition coefficient (Wildman–Crippen LogP) is 0.248. The summed E-state index contributed by atoms with van der Waals surface area (Å²) in [4.78, 5) is 20.3. The summed E-state index contributed by atoms with van der Waals surface area (Å²) >= 11 is 0. The van der Waals surface area contributed by atoms with Crippen LogP contribution in [0.3, 0.4) is 0 Å². The molecule has 0 aliphatic carbocycles. The maximum atomic E-state index is 12.2. The second-order valence-electron chi connectivity index (χ2n) is 5.05. The van der Waals surface area contributed by atoms with Gasteiger partial charge in [-0.1, -0.05) is 0 Å². The fraction of sp³-hybridized carbons (Fsp3) is 0.500. The van der Waals surface area contributed by atoms with Gasteiger partial charge in [0.1, 0.15) is 11.8 Å². The van der Waals surface area contributed by atoms with Crippen molar-refractivity contribution in [1.29, 1.82) is 5.26 Å². The molecule has 2 fully saturated rings. The molecule has 2 aliphatic rings. The molecule has 1 amide bonds. The van der Waals surface area contributed by atoms with Gasteiger partial charge >= 0.3 is 0 Å². The third-order valence-corrected chi connectivity index (χ3v) is 3.78. The van der Waals surface area contributed by atoms with Crippen LogP contribution in [0, 0.1) is 17.2 Å². The molecule has 104 valence electrons. The molecule has 1 aromatic heterocycles. The fourth-order valence-corrected chi connectivity index (χ4v) is 2.53. The second-order valence-corrected chi connectivity index (χ2v) is 5.05. The molecular formula is C14H16N4O2. The number of pyridine rings is 1. The van der Waals surface area contributed by atoms with E-state index in [1.54, 1.807) is 12.3 Å². The molecule has 2 aliphatic heterocycles. The van der Waals surface area contributed by atoms with Gasteiger partial charge in [-0.05, 0) is 12.1 Å². The lowest BCUT2D eigenvalue weighted by Gasteiger charge is -2.42. The Kier molecular flexibility index (Phi) is 3.52. The van der Waals surface area contributed by atoms with Gasteiger partial charge in [-0.15, -0.1) is 0 Å². The van der Waals surface area contributed by atoms with E-state index >= 15 is 0 Å². The SMILES string of the molecule is N#Cc1ccc(N2CC(C(=O)N3CCOCC3)C2)cn1. The Morgan fingerprint density at radius 2 is 2.10 bits per heavy atom. The molecule has 3 rings (SSSR count). The van der Waals surface area contributed by atoms with Crippen molar-refractivity contribution >= 4 is 11.6 Å². The average Bonchev–Trinajstić information content (AvgIpc) is 2.47. The van der Waals surface area contributed by atoms with E-state index in [0.29, 0.717) is 32.0 Å². The molecule has 2 saturated heterocycles. The molecule has 0 N–H and O–H groups in total. The largest absolute Gasteiger partial charge is 0.378 e. The molecule has 1 aromatic rings. The van der Waals surface area contributed by atoms with Crippen molar-refractivity contribution in [2.45, 2.75) is 0 Å². The van der Waals surface area contributed by atoms with E-state index in [0.717, 1.165) is 18.8 Å². The maximum Gasteiger partial charge on any atom is 0.229 e. The Bertz CT molecular complexity index is 525. The Balaban J connectivity index is 1.55. The van der Waals surface area contributed by atoms with Crippen molar-refractivity contribution in [3.8, 4) is 6.07 Å². The van der Waals surface area contributed by atoms with Crippen LogP contribution >= 0.6 is 0 Å². The summed E-state index contributed by atoms with van der Waals surface area (Å²) in [6.45, 7) is 4.14. The number of anilines is 1. The molecule has 3 heterocycles. The van der Waals surface area contributed by atoms with Crippen molar-refractivity contribution in [2.75, 3.05) is 44.3 Å². The van der Waals surface area contributed by atoms with E-state index in [4.69, 9.17) is 10.00 Å². The van der Waals surface area contributed by atoms with Crippen LogP contribution in [-0.4, -0.2) is 55.2 Å². The van der Waals surface area contributed by atoms with Crippen LogP contribution in [0.25, 0.3) is 0 Å². The minimum atomic E-state index is 0.0729. The van der Waals surface area contributed by atoms with E-state index in [1.165, 1.54) is 0 Å². The Morgan fingerprint density at radius 1 is 1.35 bits per heavy atom. The minimum absolute atomic E-state index is 0.0729. The number of rotatable bonds is 2. The number of carbonyl (C=O) groups is 1. The van der Waals surface area contributed by atoms with E-state index < -0.39 is 0 Å². The smallest absolute Gasteiger partial charge is 0.229 e. The summed E-state index contributed by atoms with van der Waals surface area (Å²) in [6.07, 6.45) is 1.69. The molecule has 0 bridgehead atoms. The average molecular weight is 272 g/mol. The predicted molar refractivity (Wildman–Crippen MR) is 72.1 cm³/mol. The summed E-state index contributed by atoms with van der Waals surface area (Å²) in [6, 6.07) is 5.57. The summed E-state index contributed by atoms with van der Waals surface area (Å²) in [5, 5.41) is 8.71. The van der Waals surface area contributed by atoms with Crippen LogP contribution in [0.1, 0.15) is 5.69 Å². The number of ether oxygens (including phenoxy) is 1. The zero-order valence-electron chi connectivity index (χ0n) is 11.2. The molecule has 0 spiro atoms. The van der Waals surface area contributed by atoms with E-state index in [-0.39, 0.29) is 11.8 Å². The minimum Gasteiger partial charge on any atom is -0.378 e. The van der Waals surface area contributed by atoms with Crippen molar-refractivity contribution in [3.63, 3.8) is 0 Å². The lowest BCUT2D eigenvalue weighted by Crippen LogP contribution is -2.56. The monoisotopic (exact) mass is 272 g/mol. The van der Waals surface area contributed by atoms with Gasteiger partial charge in [-0.2, -0.15) is 5.26 Å². The molecule has 0 atom stereocenters. The number of carbonyl (C=O) groups excluding carboxylic acids is 1. The van der Waals surface area contributed by atoms with Crippen LogP contribution in [-0.2, 0) is 9.53 Å². The quantitative estimate of drug-likeness (QED) is 0.772. The highest BCUT2D eigenvalue weighted by Crippen LogP contribution is 2.25. The van der Waals surface area contributed by atoms with Gasteiger partial charge in [0, 0.05) is 26.2 Å². The first-order valence-corrected chi connectivity index (χ1v) is 6.75. The maximum absolute atomic E-state index is 12.2. The van der Waals surface area contributed by atoms with Gasteiger partial charge < -0.3 is 14.5 Å². The molecule has 0 radical (unpaired) electrons. The van der Waals surface area contributed by atoms with Crippen molar-refractivity contribution < 1.29 is 9.53 Å². The van der Waals surface area contributed by atoms with Gasteiger partial charge in [0.15, 0.2) is 0 Å². The Morgan fingerprint density at radius 3 is 2.70 bits per heavy atom. The number of hydrogen-bond acceptors (Lipinski definition) is 5. The molecule has 6 nitrogen and oxygen atoms in total. The molecule has 0 saturated carbocycles. The molecular weight excluding hydrogens is 256 g/mol. The van der Waals surface area contributed by atoms with Gasteiger partial charge in [-0.25, -0.2) is 4.98 Å². The standard InChI is InChI=1S/C14H16N4O2/c15-7-12-1-2-13(8-16-12)18-9-11(10-18)14(19)17-3-5-20-6-4-17/h1-2,8,11H,3-6,9-10H2. The zero-order valence-corrected chi connectivity index (χ0v) is 11.2. The van der Waals surface area contributed by atoms with Gasteiger partial charge in [-0.3, -0.25) is 4.79 Å². The van der Waals surface area contributed by atoms with Crippen LogP contribution in [0.4, 0.5) is 5.69 Å². The second kappa shape index (κ2) is 5.47. The topological polar surface area (TPSA) is 69.5 Å². The normalized spacial score (nSPS) is 19.4. The van der Waals surface area contributed by atoms with Gasteiger partial charge in [0.25, 0.3) is 0 Å². The number of hydrogen-bond donors (Lipinski definition) is 0. The van der Waals surface area contributed by atoms with Gasteiger partial charge in [0.05, 0.1) is 31.0 Å². The molecule has 0 unspecified atom stereocenters. The first-order chi connectivity index (χ1) is 9.78. The number of nitriles is 1. The third-order valence-electron chi connectivity index (χ3n) is 3.78. The number of aromatic nitrogens is 1. The molecule has 0 aromatic carbocycles. The van der Waals surface area contributed by atoms with E-state index in [9.17, 15) is 4.79 Å². The van der Waals surface area contributed by atoms with Crippen molar-refractivity contribution in [3.05, 3.63) is 24.0 Å². The lowest BCUT2D eigenvalue weighted by molar-refractivity contribution is -0.140. The van der Waals surface area contributed by atoms with Crippen LogP contribution in [0.5, 0.6) is 0 Å². The fourth-order valence-electron chi connectivity index (χ4n) is 2.53. The number of nitrogens with zero attached hydrogens (tertiary/aromatic N) is 4. The Hall–Kier alpha value is -2.13. The highest BCUT2D eigenvalue weighted by Gasteiger charge is 2.35. The summed E-state index contributed by atoms with van der Waals surface area (Å²) in [5.41, 5.74) is 1.38. The van der Waals surface area contributed by atoms with Gasteiger partial charge in [0.2, 0.25) is 5.91 Å². The van der Waals surface area contributed by atoms with Crippen molar-refractivity contribution in [2.24, 2.45) is 5.92 Å². The van der Waals surface area contributed by atoms with E-state index in [1.807, 2.05) is 17.0 Å².